The molecule has 1 aromatic heterocycles. The van der Waals surface area contributed by atoms with E-state index in [0.717, 1.165) is 12.1 Å². The Balaban J connectivity index is 0. The average Bonchev–Trinajstić information content (AvgIpc) is 3.48. The molecule has 0 unspecified atom stereocenters. The van der Waals surface area contributed by atoms with E-state index < -0.39 is 11.6 Å². The Morgan fingerprint density at radius 1 is 1.15 bits per heavy atom. The first-order valence-corrected chi connectivity index (χ1v) is 13.5. The minimum atomic E-state index is -0.745. The highest BCUT2D eigenvalue weighted by molar-refractivity contribution is 5.96. The van der Waals surface area contributed by atoms with Crippen molar-refractivity contribution < 1.29 is 37.9 Å². The molecular weight excluding hydrogens is 520 g/mol. The lowest BCUT2D eigenvalue weighted by molar-refractivity contribution is -0.130. The summed E-state index contributed by atoms with van der Waals surface area (Å²) in [5.41, 5.74) is 0.165. The van der Waals surface area contributed by atoms with Crippen LogP contribution in [0.15, 0.2) is 16.7 Å². The van der Waals surface area contributed by atoms with Gasteiger partial charge < -0.3 is 39.4 Å². The second-order valence-corrected chi connectivity index (χ2v) is 9.30. The average molecular weight is 573 g/mol. The van der Waals surface area contributed by atoms with Crippen molar-refractivity contribution in [1.29, 1.82) is 0 Å². The molecule has 1 aliphatic heterocycles. The summed E-state index contributed by atoms with van der Waals surface area (Å²) in [5.74, 6) is 0.955. The zero-order chi connectivity index (χ0) is 31.1. The highest BCUT2D eigenvalue weighted by atomic mass is 16.6. The summed E-state index contributed by atoms with van der Waals surface area (Å²) in [6.45, 7) is 14.7. The van der Waals surface area contributed by atoms with Crippen molar-refractivity contribution in [3.05, 3.63) is 17.9 Å². The summed E-state index contributed by atoms with van der Waals surface area (Å²) in [6.07, 6.45) is 3.96. The van der Waals surface area contributed by atoms with Crippen LogP contribution in [-0.4, -0.2) is 89.1 Å². The second-order valence-electron chi connectivity index (χ2n) is 9.30. The zero-order valence-corrected chi connectivity index (χ0v) is 26.2. The predicted octanol–water partition coefficient (Wildman–Crippen LogP) is 2.97. The van der Waals surface area contributed by atoms with Gasteiger partial charge in [-0.05, 0) is 37.8 Å². The number of amides is 2. The number of nitrogens with zero attached hydrogens (tertiary/aromatic N) is 1. The first-order chi connectivity index (χ1) is 19.0. The third-order valence-electron chi connectivity index (χ3n) is 4.99. The molecule has 2 heterocycles. The molecule has 3 N–H and O–H groups in total. The largest absolute Gasteiger partial charge is 0.479 e. The monoisotopic (exact) mass is 572 g/mol. The molecule has 12 heteroatoms. The molecule has 1 aliphatic rings. The summed E-state index contributed by atoms with van der Waals surface area (Å²) < 4.78 is 24.6. The topological polar surface area (TPSA) is 154 Å². The smallest absolute Gasteiger partial charge is 0.254 e. The number of carbonyl (C=O) groups excluding carboxylic acids is 3. The lowest BCUT2D eigenvalue weighted by atomic mass is 9.93. The van der Waals surface area contributed by atoms with E-state index in [-0.39, 0.29) is 30.2 Å². The van der Waals surface area contributed by atoms with Crippen molar-refractivity contribution in [1.82, 2.24) is 21.1 Å². The van der Waals surface area contributed by atoms with E-state index in [0.29, 0.717) is 37.7 Å². The maximum absolute atomic E-state index is 12.1. The molecule has 0 aromatic carbocycles. The van der Waals surface area contributed by atoms with Crippen LogP contribution in [0.25, 0.3) is 5.70 Å². The molecule has 0 radical (unpaired) electrons. The number of rotatable bonds is 15. The maximum atomic E-state index is 12.1. The number of methoxy groups -OCH3 is 3. The number of ketones is 1. The standard InChI is InChI=1S/C12H20N2O4.C12H20N2O3.C2H6O.C2H6/c1-8(2)4-9(11(17)12(3)6-18-12)14-10(16)5-13-7-15;1-5-6-10(13-9(2)8-15-3)11-7-12(16-4)14-17-11;1-3-2;1-2/h7-9H,4-6H2,1-3H3,(H,13,15)(H,14,16);6-7,9,13H,5,8H2,1-4H3;1-2H3;1-2H3/b;10-6+;;/t9-,12+;9-;;/m01../s1. The molecule has 2 rings (SSSR count). The number of nitrogens with one attached hydrogen (secondary N) is 3. The van der Waals surface area contributed by atoms with Crippen molar-refractivity contribution in [3.63, 3.8) is 0 Å². The van der Waals surface area contributed by atoms with Crippen LogP contribution in [0.4, 0.5) is 0 Å². The lowest BCUT2D eigenvalue weighted by Gasteiger charge is -2.21. The number of carbonyl (C=O) groups is 3. The molecule has 1 aromatic rings. The van der Waals surface area contributed by atoms with Gasteiger partial charge in [0.25, 0.3) is 5.88 Å². The summed E-state index contributed by atoms with van der Waals surface area (Å²) >= 11 is 0. The first-order valence-electron chi connectivity index (χ1n) is 13.5. The number of hydrogen-bond donors (Lipinski definition) is 3. The molecule has 232 valence electrons. The first kappa shape index (κ1) is 39.2. The molecule has 12 nitrogen and oxygen atoms in total. The van der Waals surface area contributed by atoms with Gasteiger partial charge in [0.15, 0.2) is 11.5 Å². The van der Waals surface area contributed by atoms with E-state index in [1.165, 1.54) is 0 Å². The van der Waals surface area contributed by atoms with Gasteiger partial charge in [-0.15, -0.1) is 0 Å². The van der Waals surface area contributed by atoms with Crippen LogP contribution in [0.3, 0.4) is 0 Å². The van der Waals surface area contributed by atoms with E-state index in [1.807, 2.05) is 40.7 Å². The van der Waals surface area contributed by atoms with Crippen LogP contribution < -0.4 is 20.7 Å². The Labute approximate surface area is 239 Å². The number of allylic oxidation sites excluding steroid dienone is 1. The van der Waals surface area contributed by atoms with Gasteiger partial charge >= 0.3 is 0 Å². The normalized spacial score (nSPS) is 16.9. The van der Waals surface area contributed by atoms with Gasteiger partial charge in [0.1, 0.15) is 5.60 Å². The molecule has 3 atom stereocenters. The quantitative estimate of drug-likeness (QED) is 0.211. The van der Waals surface area contributed by atoms with Gasteiger partial charge in [0.05, 0.1) is 44.7 Å². The molecule has 1 fully saturated rings. The number of hydrogen-bond acceptors (Lipinski definition) is 10. The van der Waals surface area contributed by atoms with Gasteiger partial charge in [-0.2, -0.15) is 0 Å². The van der Waals surface area contributed by atoms with Crippen molar-refractivity contribution in [2.75, 3.05) is 48.2 Å². The Morgan fingerprint density at radius 2 is 1.75 bits per heavy atom. The lowest BCUT2D eigenvalue weighted by Crippen LogP contribution is -2.48. The molecule has 40 heavy (non-hydrogen) atoms. The maximum Gasteiger partial charge on any atom is 0.254 e. The molecule has 0 bridgehead atoms. The van der Waals surface area contributed by atoms with Crippen LogP contribution >= 0.6 is 0 Å². The Morgan fingerprint density at radius 3 is 2.17 bits per heavy atom. The van der Waals surface area contributed by atoms with E-state index in [9.17, 15) is 14.4 Å². The number of ether oxygens (including phenoxy) is 4. The fraction of sp³-hybridized carbons (Fsp3) is 0.714. The van der Waals surface area contributed by atoms with E-state index in [2.05, 4.69) is 32.8 Å². The van der Waals surface area contributed by atoms with Crippen LogP contribution in [-0.2, 0) is 28.6 Å². The molecular formula is C28H52N4O8. The minimum absolute atomic E-state index is 0.101. The minimum Gasteiger partial charge on any atom is -0.479 e. The molecule has 0 saturated carbocycles. The summed E-state index contributed by atoms with van der Waals surface area (Å²) in [5, 5.41) is 12.0. The van der Waals surface area contributed by atoms with Crippen molar-refractivity contribution in [3.8, 4) is 5.88 Å². The van der Waals surface area contributed by atoms with Gasteiger partial charge in [0.2, 0.25) is 12.3 Å². The summed E-state index contributed by atoms with van der Waals surface area (Å²) in [6, 6.07) is 1.40. The SMILES string of the molecule is CC.CC(C)C[C@H](NC(=O)CNC=O)C(=O)[C@@]1(C)CO1.CC/C=C(/N[C@H](C)COC)c1cc(OC)no1.COC. The zero-order valence-electron chi connectivity index (χ0n) is 26.2. The van der Waals surface area contributed by atoms with Crippen LogP contribution in [0.2, 0.25) is 0 Å². The predicted molar refractivity (Wildman–Crippen MR) is 155 cm³/mol. The van der Waals surface area contributed by atoms with Crippen LogP contribution in [0.5, 0.6) is 5.88 Å². The van der Waals surface area contributed by atoms with E-state index in [1.54, 1.807) is 41.4 Å². The van der Waals surface area contributed by atoms with Crippen molar-refractivity contribution in [2.24, 2.45) is 5.92 Å². The Kier molecular flexibility index (Phi) is 22.3. The Bertz CT molecular complexity index is 853. The number of aromatic nitrogens is 1. The van der Waals surface area contributed by atoms with E-state index in [4.69, 9.17) is 18.7 Å². The number of Topliss-reactive ketones (excluding diaryl/α,β-unsaturated/α-hetero) is 1. The van der Waals surface area contributed by atoms with E-state index >= 15 is 0 Å². The highest BCUT2D eigenvalue weighted by Gasteiger charge is 2.50. The fourth-order valence-electron chi connectivity index (χ4n) is 3.18. The second kappa shape index (κ2) is 22.8. The van der Waals surface area contributed by atoms with Crippen molar-refractivity contribution in [2.45, 2.75) is 79.0 Å². The third-order valence-corrected chi connectivity index (χ3v) is 4.99. The Hall–Kier alpha value is -2.96. The summed E-state index contributed by atoms with van der Waals surface area (Å²) in [7, 11) is 6.49. The number of epoxide rings is 1. The highest BCUT2D eigenvalue weighted by Crippen LogP contribution is 2.29. The fourth-order valence-corrected chi connectivity index (χ4v) is 3.18. The van der Waals surface area contributed by atoms with Gasteiger partial charge in [-0.25, -0.2) is 0 Å². The summed E-state index contributed by atoms with van der Waals surface area (Å²) in [4.78, 5) is 33.8. The van der Waals surface area contributed by atoms with Gasteiger partial charge in [-0.3, -0.25) is 14.4 Å². The van der Waals surface area contributed by atoms with Crippen molar-refractivity contribution >= 4 is 23.8 Å². The van der Waals surface area contributed by atoms with Gasteiger partial charge in [0, 0.05) is 27.4 Å². The van der Waals surface area contributed by atoms with Crippen LogP contribution in [0, 0.1) is 5.92 Å². The van der Waals surface area contributed by atoms with Gasteiger partial charge in [-0.1, -0.05) is 40.7 Å². The molecule has 1 saturated heterocycles. The van der Waals surface area contributed by atoms with Crippen LogP contribution in [0.1, 0.15) is 67.1 Å². The molecule has 0 aliphatic carbocycles. The molecule has 2 amide bonds. The molecule has 0 spiro atoms. The third kappa shape index (κ3) is 16.9.